The molecule has 1 unspecified atom stereocenters. The first kappa shape index (κ1) is 22.5. The molecule has 1 aromatic heterocycles. The van der Waals surface area contributed by atoms with Gasteiger partial charge < -0.3 is 10.6 Å². The van der Waals surface area contributed by atoms with Crippen LogP contribution in [0, 0.1) is 20.8 Å². The average Bonchev–Trinajstić information content (AvgIpc) is 3.05. The van der Waals surface area contributed by atoms with Crippen molar-refractivity contribution in [2.24, 2.45) is 0 Å². The summed E-state index contributed by atoms with van der Waals surface area (Å²) in [6.45, 7) is 8.73. The summed E-state index contributed by atoms with van der Waals surface area (Å²) in [7, 11) is 0. The van der Waals surface area contributed by atoms with Gasteiger partial charge in [0, 0.05) is 29.4 Å². The number of benzene rings is 2. The maximum absolute atomic E-state index is 12.6. The number of nitrogens with zero attached hydrogens (tertiary/aromatic N) is 2. The van der Waals surface area contributed by atoms with Crippen LogP contribution in [0.25, 0.3) is 6.08 Å². The number of carbonyl (C=O) groups excluding carboxylic acids is 2. The molecule has 6 heteroatoms. The maximum Gasteiger partial charge on any atom is 0.244 e. The number of aryl methyl sites for hydroxylation is 3. The largest absolute Gasteiger partial charge is 0.346 e. The molecule has 2 N–H and O–H groups in total. The third-order valence-corrected chi connectivity index (χ3v) is 6.18. The topological polar surface area (TPSA) is 76.0 Å². The molecule has 33 heavy (non-hydrogen) atoms. The fourth-order valence-electron chi connectivity index (χ4n) is 4.15. The Morgan fingerprint density at radius 2 is 1.91 bits per heavy atom. The first-order valence-electron chi connectivity index (χ1n) is 11.3. The lowest BCUT2D eigenvalue weighted by Gasteiger charge is -2.20. The highest BCUT2D eigenvalue weighted by atomic mass is 16.2. The Hall–Kier alpha value is -3.67. The lowest BCUT2D eigenvalue weighted by Crippen LogP contribution is -2.25. The Kier molecular flexibility index (Phi) is 6.45. The van der Waals surface area contributed by atoms with Crippen molar-refractivity contribution in [3.63, 3.8) is 0 Å². The second-order valence-electron chi connectivity index (χ2n) is 8.76. The van der Waals surface area contributed by atoms with Gasteiger partial charge in [-0.05, 0) is 62.9 Å². The first-order valence-corrected chi connectivity index (χ1v) is 11.3. The molecule has 0 saturated carbocycles. The van der Waals surface area contributed by atoms with Crippen LogP contribution in [0.2, 0.25) is 0 Å². The molecule has 1 aliphatic heterocycles. The van der Waals surface area contributed by atoms with E-state index < -0.39 is 0 Å². The average molecular weight is 443 g/mol. The molecule has 0 aliphatic carbocycles. The highest BCUT2D eigenvalue weighted by Gasteiger charge is 2.17. The van der Waals surface area contributed by atoms with Crippen LogP contribution in [-0.4, -0.2) is 21.6 Å². The molecule has 4 rings (SSSR count). The minimum absolute atomic E-state index is 0.0505. The first-order chi connectivity index (χ1) is 15.8. The van der Waals surface area contributed by atoms with Gasteiger partial charge in [-0.1, -0.05) is 42.0 Å². The van der Waals surface area contributed by atoms with Gasteiger partial charge in [0.15, 0.2) is 0 Å². The fraction of sp³-hybridized carbons (Fsp3) is 0.296. The Morgan fingerprint density at radius 1 is 1.15 bits per heavy atom. The van der Waals surface area contributed by atoms with Crippen molar-refractivity contribution >= 4 is 23.6 Å². The molecule has 0 fully saturated rings. The van der Waals surface area contributed by atoms with Crippen LogP contribution in [-0.2, 0) is 22.6 Å². The van der Waals surface area contributed by atoms with Crippen molar-refractivity contribution in [1.29, 1.82) is 0 Å². The molecule has 2 heterocycles. The van der Waals surface area contributed by atoms with Crippen LogP contribution < -0.4 is 10.6 Å². The highest BCUT2D eigenvalue weighted by Crippen LogP contribution is 2.26. The van der Waals surface area contributed by atoms with E-state index in [1.54, 1.807) is 6.08 Å². The molecule has 0 saturated heterocycles. The molecule has 0 spiro atoms. The van der Waals surface area contributed by atoms with E-state index in [0.717, 1.165) is 40.2 Å². The maximum atomic E-state index is 12.6. The van der Waals surface area contributed by atoms with Crippen molar-refractivity contribution in [1.82, 2.24) is 15.1 Å². The van der Waals surface area contributed by atoms with E-state index in [4.69, 9.17) is 0 Å². The van der Waals surface area contributed by atoms with Gasteiger partial charge in [-0.2, -0.15) is 5.10 Å². The summed E-state index contributed by atoms with van der Waals surface area (Å²) in [6.07, 6.45) is 4.63. The number of aromatic nitrogens is 2. The van der Waals surface area contributed by atoms with Crippen LogP contribution in [0.1, 0.15) is 58.6 Å². The molecule has 2 amide bonds. The van der Waals surface area contributed by atoms with Gasteiger partial charge in [0.1, 0.15) is 0 Å². The molecule has 6 nitrogen and oxygen atoms in total. The number of amides is 2. The third-order valence-electron chi connectivity index (χ3n) is 6.18. The summed E-state index contributed by atoms with van der Waals surface area (Å²) in [4.78, 5) is 24.2. The second-order valence-corrected chi connectivity index (χ2v) is 8.76. The van der Waals surface area contributed by atoms with Gasteiger partial charge in [0.05, 0.1) is 18.3 Å². The number of fused-ring (bicyclic) bond motifs is 1. The second kappa shape index (κ2) is 9.45. The van der Waals surface area contributed by atoms with Crippen LogP contribution in [0.3, 0.4) is 0 Å². The smallest absolute Gasteiger partial charge is 0.244 e. The Morgan fingerprint density at radius 3 is 2.67 bits per heavy atom. The number of rotatable bonds is 6. The Labute approximate surface area is 194 Å². The predicted octanol–water partition coefficient (Wildman–Crippen LogP) is 4.63. The van der Waals surface area contributed by atoms with E-state index in [9.17, 15) is 9.59 Å². The van der Waals surface area contributed by atoms with Crippen LogP contribution >= 0.6 is 0 Å². The molecule has 0 radical (unpaired) electrons. The number of nitrogens with one attached hydrogen (secondary N) is 2. The highest BCUT2D eigenvalue weighted by molar-refractivity contribution is 5.94. The van der Waals surface area contributed by atoms with Gasteiger partial charge in [-0.3, -0.25) is 14.3 Å². The van der Waals surface area contributed by atoms with E-state index in [-0.39, 0.29) is 17.9 Å². The molecular formula is C27H30N4O2. The Balaban J connectivity index is 1.42. The van der Waals surface area contributed by atoms with Gasteiger partial charge in [-0.25, -0.2) is 0 Å². The number of hydrogen-bond acceptors (Lipinski definition) is 3. The molecule has 2 aromatic carbocycles. The fourth-order valence-corrected chi connectivity index (χ4v) is 4.15. The van der Waals surface area contributed by atoms with E-state index in [2.05, 4.69) is 53.0 Å². The zero-order valence-corrected chi connectivity index (χ0v) is 19.6. The van der Waals surface area contributed by atoms with Gasteiger partial charge in [-0.15, -0.1) is 0 Å². The summed E-state index contributed by atoms with van der Waals surface area (Å²) < 4.78 is 1.98. The van der Waals surface area contributed by atoms with Crippen molar-refractivity contribution in [2.75, 3.05) is 5.32 Å². The lowest BCUT2D eigenvalue weighted by atomic mass is 9.98. The van der Waals surface area contributed by atoms with E-state index in [1.807, 2.05) is 43.7 Å². The molecular weight excluding hydrogens is 412 g/mol. The minimum atomic E-state index is -0.154. The quantitative estimate of drug-likeness (QED) is 0.547. The standard InChI is InChI=1S/C27H30N4O2/c1-17-5-7-21(8-6-17)16-31-20(4)24(19(3)30-31)11-14-26(32)28-18(2)22-9-12-25-23(15-22)10-13-27(33)29-25/h5-9,11-12,14-15,18H,10,13,16H2,1-4H3,(H,28,32)(H,29,33)/b14-11+. The normalized spacial score (nSPS) is 14.1. The summed E-state index contributed by atoms with van der Waals surface area (Å²) >= 11 is 0. The number of hydrogen-bond donors (Lipinski definition) is 2. The van der Waals surface area contributed by atoms with Gasteiger partial charge in [0.2, 0.25) is 11.8 Å². The van der Waals surface area contributed by atoms with Crippen LogP contribution in [0.4, 0.5) is 5.69 Å². The minimum Gasteiger partial charge on any atom is -0.346 e. The van der Waals surface area contributed by atoms with Crippen molar-refractivity contribution in [3.8, 4) is 0 Å². The zero-order chi connectivity index (χ0) is 23.5. The number of anilines is 1. The molecule has 170 valence electrons. The lowest BCUT2D eigenvalue weighted by molar-refractivity contribution is -0.117. The summed E-state index contributed by atoms with van der Waals surface area (Å²) in [6, 6.07) is 14.2. The summed E-state index contributed by atoms with van der Waals surface area (Å²) in [5.74, 6) is -0.104. The SMILES string of the molecule is Cc1ccc(Cn2nc(C)c(/C=C/C(=O)NC(C)c3ccc4c(c3)CCC(=O)N4)c2C)cc1. The van der Waals surface area contributed by atoms with Crippen molar-refractivity contribution in [3.05, 3.63) is 87.7 Å². The molecule has 3 aromatic rings. The van der Waals surface area contributed by atoms with E-state index in [0.29, 0.717) is 13.0 Å². The van der Waals surface area contributed by atoms with Crippen molar-refractivity contribution in [2.45, 2.75) is 53.1 Å². The monoisotopic (exact) mass is 442 g/mol. The Bertz CT molecular complexity index is 1220. The van der Waals surface area contributed by atoms with E-state index in [1.165, 1.54) is 11.1 Å². The van der Waals surface area contributed by atoms with Crippen LogP contribution in [0.15, 0.2) is 48.5 Å². The van der Waals surface area contributed by atoms with Gasteiger partial charge >= 0.3 is 0 Å². The summed E-state index contributed by atoms with van der Waals surface area (Å²) in [5.41, 5.74) is 8.31. The summed E-state index contributed by atoms with van der Waals surface area (Å²) in [5, 5.41) is 10.6. The third kappa shape index (κ3) is 5.22. The predicted molar refractivity (Wildman–Crippen MR) is 131 cm³/mol. The number of carbonyl (C=O) groups is 2. The van der Waals surface area contributed by atoms with Gasteiger partial charge in [0.25, 0.3) is 0 Å². The zero-order valence-electron chi connectivity index (χ0n) is 19.6. The molecule has 0 bridgehead atoms. The van der Waals surface area contributed by atoms with Crippen LogP contribution in [0.5, 0.6) is 0 Å². The van der Waals surface area contributed by atoms with Crippen molar-refractivity contribution < 1.29 is 9.59 Å². The molecule has 1 aliphatic rings. The molecule has 1 atom stereocenters. The van der Waals surface area contributed by atoms with E-state index >= 15 is 0 Å².